The fourth-order valence-corrected chi connectivity index (χ4v) is 2.77. The molecule has 0 radical (unpaired) electrons. The lowest BCUT2D eigenvalue weighted by atomic mass is 10.0. The fourth-order valence-electron chi connectivity index (χ4n) is 2.77. The third-order valence-corrected chi connectivity index (χ3v) is 3.82. The van der Waals surface area contributed by atoms with Crippen molar-refractivity contribution in [2.75, 3.05) is 6.54 Å². The second kappa shape index (κ2) is 5.33. The van der Waals surface area contributed by atoms with Crippen molar-refractivity contribution in [1.29, 1.82) is 0 Å². The van der Waals surface area contributed by atoms with Gasteiger partial charge in [0.15, 0.2) is 5.69 Å². The third-order valence-electron chi connectivity index (χ3n) is 3.82. The number of aliphatic hydroxyl groups is 1. The lowest BCUT2D eigenvalue weighted by Crippen LogP contribution is -2.41. The smallest absolute Gasteiger partial charge is 0.276 e. The Morgan fingerprint density at radius 2 is 2.38 bits per heavy atom. The van der Waals surface area contributed by atoms with Crippen molar-refractivity contribution in [3.63, 3.8) is 0 Å². The molecule has 112 valence electrons. The summed E-state index contributed by atoms with van der Waals surface area (Å²) in [6, 6.07) is 1.37. The zero-order chi connectivity index (χ0) is 15.0. The van der Waals surface area contributed by atoms with Crippen molar-refractivity contribution in [3.05, 3.63) is 35.5 Å². The molecule has 1 saturated heterocycles. The van der Waals surface area contributed by atoms with E-state index in [2.05, 4.69) is 10.3 Å². The van der Waals surface area contributed by atoms with Gasteiger partial charge in [-0.1, -0.05) is 5.16 Å². The van der Waals surface area contributed by atoms with Gasteiger partial charge >= 0.3 is 0 Å². The first-order chi connectivity index (χ1) is 10.0. The van der Waals surface area contributed by atoms with Gasteiger partial charge in [-0.05, 0) is 25.3 Å². The first-order valence-electron chi connectivity index (χ1n) is 6.94. The summed E-state index contributed by atoms with van der Waals surface area (Å²) in [4.78, 5) is 14.2. The number of rotatable bonds is 3. The minimum Gasteiger partial charge on any atom is -0.391 e. The van der Waals surface area contributed by atoms with Crippen LogP contribution in [0.25, 0.3) is 0 Å². The van der Waals surface area contributed by atoms with Crippen molar-refractivity contribution < 1.29 is 14.4 Å². The third kappa shape index (κ3) is 2.69. The maximum atomic E-state index is 12.5. The number of aromatic nitrogens is 3. The average Bonchev–Trinajstić information content (AvgIpc) is 3.13. The summed E-state index contributed by atoms with van der Waals surface area (Å²) in [5.74, 6) is 0.402. The molecular formula is C14H18N4O3. The Hall–Kier alpha value is -2.15. The molecule has 7 heteroatoms. The SMILES string of the molecule is Cc1cc(C(=O)N2CC[C@H](O)[C@H]2Cc2cnn(C)c2)no1. The van der Waals surface area contributed by atoms with Gasteiger partial charge in [0.05, 0.1) is 18.3 Å². The van der Waals surface area contributed by atoms with Gasteiger partial charge in [-0.15, -0.1) is 0 Å². The van der Waals surface area contributed by atoms with Crippen LogP contribution in [0.3, 0.4) is 0 Å². The van der Waals surface area contributed by atoms with Gasteiger partial charge < -0.3 is 14.5 Å². The largest absolute Gasteiger partial charge is 0.391 e. The van der Waals surface area contributed by atoms with Crippen LogP contribution < -0.4 is 0 Å². The number of carbonyl (C=O) groups is 1. The molecule has 2 aromatic heterocycles. The van der Waals surface area contributed by atoms with E-state index in [1.165, 1.54) is 0 Å². The van der Waals surface area contributed by atoms with E-state index in [0.717, 1.165) is 5.56 Å². The molecule has 0 bridgehead atoms. The Balaban J connectivity index is 1.78. The number of aryl methyl sites for hydroxylation is 2. The van der Waals surface area contributed by atoms with E-state index in [1.54, 1.807) is 28.8 Å². The number of amides is 1. The molecule has 21 heavy (non-hydrogen) atoms. The van der Waals surface area contributed by atoms with Crippen molar-refractivity contribution in [2.45, 2.75) is 31.9 Å². The summed E-state index contributed by atoms with van der Waals surface area (Å²) in [5, 5.41) is 18.0. The Labute approximate surface area is 122 Å². The maximum absolute atomic E-state index is 12.5. The van der Waals surface area contributed by atoms with Gasteiger partial charge in [-0.25, -0.2) is 0 Å². The summed E-state index contributed by atoms with van der Waals surface area (Å²) in [5.41, 5.74) is 1.29. The van der Waals surface area contributed by atoms with Crippen LogP contribution in [0.2, 0.25) is 0 Å². The standard InChI is InChI=1S/C14H18N4O3/c1-9-5-11(16-21-9)14(20)18-4-3-13(19)12(18)6-10-7-15-17(2)8-10/h5,7-8,12-13,19H,3-4,6H2,1-2H3/t12-,13+/m1/s1. The highest BCUT2D eigenvalue weighted by atomic mass is 16.5. The molecule has 1 amide bonds. The Kier molecular flexibility index (Phi) is 3.50. The van der Waals surface area contributed by atoms with Crippen LogP contribution in [0.4, 0.5) is 0 Å². The van der Waals surface area contributed by atoms with Crippen molar-refractivity contribution >= 4 is 5.91 Å². The molecule has 2 atom stereocenters. The first-order valence-corrected chi connectivity index (χ1v) is 6.94. The molecule has 0 saturated carbocycles. The van der Waals surface area contributed by atoms with Crippen molar-refractivity contribution in [1.82, 2.24) is 19.8 Å². The zero-order valence-electron chi connectivity index (χ0n) is 12.1. The second-order valence-corrected chi connectivity index (χ2v) is 5.47. The molecule has 3 heterocycles. The molecule has 1 fully saturated rings. The molecule has 3 rings (SSSR count). The molecular weight excluding hydrogens is 272 g/mol. The molecule has 2 aromatic rings. The van der Waals surface area contributed by atoms with Crippen LogP contribution in [0.1, 0.15) is 28.2 Å². The molecule has 1 N–H and O–H groups in total. The lowest BCUT2D eigenvalue weighted by Gasteiger charge is -2.25. The number of carbonyl (C=O) groups excluding carboxylic acids is 1. The predicted molar refractivity (Wildman–Crippen MR) is 73.6 cm³/mol. The van der Waals surface area contributed by atoms with Gasteiger partial charge in [0, 0.05) is 25.9 Å². The zero-order valence-corrected chi connectivity index (χ0v) is 12.1. The van der Waals surface area contributed by atoms with Crippen molar-refractivity contribution in [3.8, 4) is 0 Å². The first kappa shape index (κ1) is 13.8. The summed E-state index contributed by atoms with van der Waals surface area (Å²) >= 11 is 0. The highest BCUT2D eigenvalue weighted by molar-refractivity contribution is 5.92. The molecule has 0 aromatic carbocycles. The fraction of sp³-hybridized carbons (Fsp3) is 0.500. The number of aliphatic hydroxyl groups excluding tert-OH is 1. The quantitative estimate of drug-likeness (QED) is 0.891. The van der Waals surface area contributed by atoms with Crippen LogP contribution >= 0.6 is 0 Å². The summed E-state index contributed by atoms with van der Waals surface area (Å²) in [6.45, 7) is 2.27. The molecule has 7 nitrogen and oxygen atoms in total. The highest BCUT2D eigenvalue weighted by Gasteiger charge is 2.37. The van der Waals surface area contributed by atoms with Gasteiger partial charge in [0.1, 0.15) is 5.76 Å². The number of nitrogens with zero attached hydrogens (tertiary/aromatic N) is 4. The van der Waals surface area contributed by atoms with Gasteiger partial charge in [0.25, 0.3) is 5.91 Å². The number of likely N-dealkylation sites (tertiary alicyclic amines) is 1. The van der Waals surface area contributed by atoms with E-state index >= 15 is 0 Å². The number of hydrogen-bond donors (Lipinski definition) is 1. The van der Waals surface area contributed by atoms with E-state index in [0.29, 0.717) is 25.1 Å². The van der Waals surface area contributed by atoms with Crippen LogP contribution in [0.5, 0.6) is 0 Å². The van der Waals surface area contributed by atoms with E-state index in [4.69, 9.17) is 4.52 Å². The van der Waals surface area contributed by atoms with Crippen LogP contribution in [-0.4, -0.2) is 49.5 Å². The number of hydrogen-bond acceptors (Lipinski definition) is 5. The van der Waals surface area contributed by atoms with Crippen LogP contribution in [-0.2, 0) is 13.5 Å². The summed E-state index contributed by atoms with van der Waals surface area (Å²) in [6.07, 6.45) is 4.29. The summed E-state index contributed by atoms with van der Waals surface area (Å²) in [7, 11) is 1.84. The minimum absolute atomic E-state index is 0.197. The average molecular weight is 290 g/mol. The van der Waals surface area contributed by atoms with Gasteiger partial charge in [-0.3, -0.25) is 9.48 Å². The predicted octanol–water partition coefficient (Wildman–Crippen LogP) is 0.535. The Morgan fingerprint density at radius 3 is 3.00 bits per heavy atom. The maximum Gasteiger partial charge on any atom is 0.276 e. The molecule has 1 aliphatic heterocycles. The summed E-state index contributed by atoms with van der Waals surface area (Å²) < 4.78 is 6.67. The normalized spacial score (nSPS) is 22.0. The Bertz CT molecular complexity index is 648. The van der Waals surface area contributed by atoms with Crippen LogP contribution in [0.15, 0.2) is 23.0 Å². The van der Waals surface area contributed by atoms with Crippen molar-refractivity contribution in [2.24, 2.45) is 7.05 Å². The molecule has 0 spiro atoms. The van der Waals surface area contributed by atoms with Gasteiger partial charge in [0.2, 0.25) is 0 Å². The molecule has 0 aliphatic carbocycles. The topological polar surface area (TPSA) is 84.4 Å². The van der Waals surface area contributed by atoms with E-state index < -0.39 is 6.10 Å². The lowest BCUT2D eigenvalue weighted by molar-refractivity contribution is 0.0630. The molecule has 0 unspecified atom stereocenters. The van der Waals surface area contributed by atoms with Gasteiger partial charge in [-0.2, -0.15) is 5.10 Å². The Morgan fingerprint density at radius 1 is 1.57 bits per heavy atom. The highest BCUT2D eigenvalue weighted by Crippen LogP contribution is 2.23. The van der Waals surface area contributed by atoms with E-state index in [-0.39, 0.29) is 17.6 Å². The second-order valence-electron chi connectivity index (χ2n) is 5.47. The minimum atomic E-state index is -0.526. The molecule has 1 aliphatic rings. The monoisotopic (exact) mass is 290 g/mol. The van der Waals surface area contributed by atoms with E-state index in [9.17, 15) is 9.90 Å². The van der Waals surface area contributed by atoms with Crippen LogP contribution in [0, 0.1) is 6.92 Å². The van der Waals surface area contributed by atoms with E-state index in [1.807, 2.05) is 13.2 Å².